The van der Waals surface area contributed by atoms with E-state index in [4.69, 9.17) is 14.2 Å². The normalized spacial score (nSPS) is 25.4. The lowest BCUT2D eigenvalue weighted by molar-refractivity contribution is -0.144. The SMILES string of the molecule is COC(=O)C(C)Cc1cccc2c1O[C@H]1C[C@@H](O)[C@H](/C=C/[C@@H](O)C(C)(C)Oc3ccccc3)[C@@H]21. The fourth-order valence-corrected chi connectivity index (χ4v) is 5.06. The second-order valence-electron chi connectivity index (χ2n) is 9.87. The Kier molecular flexibility index (Phi) is 7.01. The van der Waals surface area contributed by atoms with Crippen LogP contribution in [-0.4, -0.2) is 47.2 Å². The molecule has 1 aliphatic carbocycles. The number of methoxy groups -OCH3 is 1. The van der Waals surface area contributed by atoms with Crippen LogP contribution >= 0.6 is 0 Å². The van der Waals surface area contributed by atoms with Crippen molar-refractivity contribution in [1.82, 2.24) is 0 Å². The highest BCUT2D eigenvalue weighted by Gasteiger charge is 2.49. The molecule has 2 aliphatic rings. The third-order valence-electron chi connectivity index (χ3n) is 6.97. The average Bonchev–Trinajstić information content (AvgIpc) is 3.32. The maximum atomic E-state index is 11.9. The number of ether oxygens (including phenoxy) is 3. The average molecular weight is 467 g/mol. The summed E-state index contributed by atoms with van der Waals surface area (Å²) in [6, 6.07) is 15.4. The van der Waals surface area contributed by atoms with Crippen LogP contribution in [0, 0.1) is 11.8 Å². The molecule has 0 amide bonds. The number of benzene rings is 2. The van der Waals surface area contributed by atoms with Gasteiger partial charge in [0.1, 0.15) is 29.3 Å². The van der Waals surface area contributed by atoms with Gasteiger partial charge in [0, 0.05) is 23.8 Å². The Morgan fingerprint density at radius 2 is 1.94 bits per heavy atom. The predicted molar refractivity (Wildman–Crippen MR) is 129 cm³/mol. The van der Waals surface area contributed by atoms with Crippen LogP contribution in [0.1, 0.15) is 44.2 Å². The quantitative estimate of drug-likeness (QED) is 0.451. The van der Waals surface area contributed by atoms with Crippen LogP contribution in [0.15, 0.2) is 60.7 Å². The van der Waals surface area contributed by atoms with Gasteiger partial charge >= 0.3 is 5.97 Å². The number of rotatable bonds is 8. The number of hydrogen-bond acceptors (Lipinski definition) is 6. The molecule has 0 saturated heterocycles. The van der Waals surface area contributed by atoms with Gasteiger partial charge in [0.05, 0.1) is 19.1 Å². The molecule has 2 N–H and O–H groups in total. The van der Waals surface area contributed by atoms with Crippen molar-refractivity contribution in [3.8, 4) is 11.5 Å². The van der Waals surface area contributed by atoms with Crippen molar-refractivity contribution < 1.29 is 29.2 Å². The van der Waals surface area contributed by atoms with Crippen LogP contribution in [-0.2, 0) is 16.0 Å². The Hall–Kier alpha value is -2.83. The zero-order chi connectivity index (χ0) is 24.5. The molecule has 2 aromatic carbocycles. The summed E-state index contributed by atoms with van der Waals surface area (Å²) < 4.78 is 17.2. The summed E-state index contributed by atoms with van der Waals surface area (Å²) in [5.41, 5.74) is 1.17. The van der Waals surface area contributed by atoms with E-state index in [1.807, 2.05) is 75.4 Å². The highest BCUT2D eigenvalue weighted by Crippen LogP contribution is 2.52. The molecule has 6 atom stereocenters. The summed E-state index contributed by atoms with van der Waals surface area (Å²) in [5.74, 6) is 0.770. The summed E-state index contributed by atoms with van der Waals surface area (Å²) in [7, 11) is 1.40. The summed E-state index contributed by atoms with van der Waals surface area (Å²) in [6.07, 6.45) is 3.09. The van der Waals surface area contributed by atoms with Crippen molar-refractivity contribution in [2.45, 2.75) is 63.4 Å². The van der Waals surface area contributed by atoms with Gasteiger partial charge in [-0.25, -0.2) is 0 Å². The van der Waals surface area contributed by atoms with Gasteiger partial charge in [-0.1, -0.05) is 55.5 Å². The molecule has 2 aromatic rings. The molecule has 1 fully saturated rings. The molecule has 4 rings (SSSR count). The molecular weight excluding hydrogens is 432 g/mol. The lowest BCUT2D eigenvalue weighted by atomic mass is 9.85. The summed E-state index contributed by atoms with van der Waals surface area (Å²) in [6.45, 7) is 5.52. The highest BCUT2D eigenvalue weighted by atomic mass is 16.5. The van der Waals surface area contributed by atoms with Gasteiger partial charge < -0.3 is 24.4 Å². The second-order valence-corrected chi connectivity index (χ2v) is 9.87. The van der Waals surface area contributed by atoms with Gasteiger partial charge in [-0.3, -0.25) is 4.79 Å². The van der Waals surface area contributed by atoms with E-state index in [0.29, 0.717) is 18.6 Å². The third kappa shape index (κ3) is 4.84. The first-order valence-corrected chi connectivity index (χ1v) is 11.9. The van der Waals surface area contributed by atoms with Crippen molar-refractivity contribution >= 4 is 5.97 Å². The summed E-state index contributed by atoms with van der Waals surface area (Å²) in [5, 5.41) is 21.7. The molecule has 1 heterocycles. The number of aliphatic hydroxyl groups is 2. The molecule has 0 bridgehead atoms. The van der Waals surface area contributed by atoms with E-state index >= 15 is 0 Å². The van der Waals surface area contributed by atoms with Crippen LogP contribution in [0.2, 0.25) is 0 Å². The molecule has 1 aliphatic heterocycles. The number of para-hydroxylation sites is 2. The Bertz CT molecular complexity index is 1030. The largest absolute Gasteiger partial charge is 0.489 e. The highest BCUT2D eigenvalue weighted by molar-refractivity contribution is 5.72. The molecule has 0 radical (unpaired) electrons. The van der Waals surface area contributed by atoms with E-state index < -0.39 is 17.8 Å². The van der Waals surface area contributed by atoms with Crippen molar-refractivity contribution in [3.05, 3.63) is 71.8 Å². The zero-order valence-electron chi connectivity index (χ0n) is 20.2. The predicted octanol–water partition coefficient (Wildman–Crippen LogP) is 4.04. The minimum atomic E-state index is -0.868. The van der Waals surface area contributed by atoms with Crippen LogP contribution in [0.5, 0.6) is 11.5 Å². The van der Waals surface area contributed by atoms with Crippen molar-refractivity contribution in [2.24, 2.45) is 11.8 Å². The first kappa shape index (κ1) is 24.3. The van der Waals surface area contributed by atoms with E-state index in [0.717, 1.165) is 16.9 Å². The molecule has 1 unspecified atom stereocenters. The molecule has 34 heavy (non-hydrogen) atoms. The minimum Gasteiger partial charge on any atom is -0.489 e. The zero-order valence-corrected chi connectivity index (χ0v) is 20.2. The Morgan fingerprint density at radius 1 is 1.21 bits per heavy atom. The van der Waals surface area contributed by atoms with Crippen molar-refractivity contribution in [3.63, 3.8) is 0 Å². The smallest absolute Gasteiger partial charge is 0.308 e. The molecule has 1 saturated carbocycles. The van der Waals surface area contributed by atoms with Crippen molar-refractivity contribution in [1.29, 1.82) is 0 Å². The molecular formula is C28H34O6. The first-order chi connectivity index (χ1) is 16.2. The number of carbonyl (C=O) groups is 1. The molecule has 0 spiro atoms. The van der Waals surface area contributed by atoms with Crippen LogP contribution in [0.4, 0.5) is 0 Å². The van der Waals surface area contributed by atoms with Crippen LogP contribution in [0.25, 0.3) is 0 Å². The lowest BCUT2D eigenvalue weighted by Crippen LogP contribution is -2.41. The van der Waals surface area contributed by atoms with Crippen LogP contribution in [0.3, 0.4) is 0 Å². The maximum Gasteiger partial charge on any atom is 0.308 e. The molecule has 6 nitrogen and oxygen atoms in total. The number of esters is 1. The monoisotopic (exact) mass is 466 g/mol. The second kappa shape index (κ2) is 9.80. The fourth-order valence-electron chi connectivity index (χ4n) is 5.06. The van der Waals surface area contributed by atoms with Crippen molar-refractivity contribution in [2.75, 3.05) is 7.11 Å². The van der Waals surface area contributed by atoms with Gasteiger partial charge in [-0.2, -0.15) is 0 Å². The lowest BCUT2D eigenvalue weighted by Gasteiger charge is -2.30. The Morgan fingerprint density at radius 3 is 2.65 bits per heavy atom. The Balaban J connectivity index is 1.52. The number of carbonyl (C=O) groups excluding carboxylic acids is 1. The van der Waals surface area contributed by atoms with E-state index in [1.165, 1.54) is 7.11 Å². The van der Waals surface area contributed by atoms with E-state index in [9.17, 15) is 15.0 Å². The van der Waals surface area contributed by atoms with E-state index in [2.05, 4.69) is 0 Å². The van der Waals surface area contributed by atoms with Gasteiger partial charge in [-0.15, -0.1) is 0 Å². The van der Waals surface area contributed by atoms with Gasteiger partial charge in [0.2, 0.25) is 0 Å². The van der Waals surface area contributed by atoms with Gasteiger partial charge in [0.25, 0.3) is 0 Å². The fraction of sp³-hybridized carbons (Fsp3) is 0.464. The van der Waals surface area contributed by atoms with Gasteiger partial charge in [0.15, 0.2) is 0 Å². The minimum absolute atomic E-state index is 0.0139. The van der Waals surface area contributed by atoms with Gasteiger partial charge in [-0.05, 0) is 38.0 Å². The topological polar surface area (TPSA) is 85.2 Å². The Labute approximate surface area is 201 Å². The molecule has 182 valence electrons. The third-order valence-corrected chi connectivity index (χ3v) is 6.97. The number of aliphatic hydroxyl groups excluding tert-OH is 2. The number of fused-ring (bicyclic) bond motifs is 3. The first-order valence-electron chi connectivity index (χ1n) is 11.9. The number of hydrogen-bond donors (Lipinski definition) is 2. The van der Waals surface area contributed by atoms with E-state index in [-0.39, 0.29) is 29.8 Å². The maximum absolute atomic E-state index is 11.9. The van der Waals surface area contributed by atoms with E-state index in [1.54, 1.807) is 6.08 Å². The summed E-state index contributed by atoms with van der Waals surface area (Å²) >= 11 is 0. The van der Waals surface area contributed by atoms with Crippen LogP contribution < -0.4 is 9.47 Å². The summed E-state index contributed by atoms with van der Waals surface area (Å²) in [4.78, 5) is 11.9. The standard InChI is InChI=1S/C28H34O6/c1-17(27(31)32-4)15-18-9-8-12-21-25-20(22(29)16-23(25)33-26(18)21)13-14-24(30)28(2,3)34-19-10-6-5-7-11-19/h5-14,17,20,22-25,29-30H,15-16H2,1-4H3/b14-13+/t17?,20-,22+,23-,24+,25-/m0/s1. The molecule has 6 heteroatoms. The molecule has 0 aromatic heterocycles.